The summed E-state index contributed by atoms with van der Waals surface area (Å²) in [6, 6.07) is 5.85. The second-order valence-corrected chi connectivity index (χ2v) is 7.01. The van der Waals surface area contributed by atoms with E-state index in [1.807, 2.05) is 49.7 Å². The summed E-state index contributed by atoms with van der Waals surface area (Å²) < 4.78 is 12.2. The monoisotopic (exact) mass is 291 g/mol. The van der Waals surface area contributed by atoms with Crippen molar-refractivity contribution in [3.63, 3.8) is 0 Å². The van der Waals surface area contributed by atoms with Crippen molar-refractivity contribution in [3.05, 3.63) is 56.8 Å². The van der Waals surface area contributed by atoms with Gasteiger partial charge in [-0.1, -0.05) is 17.7 Å². The van der Waals surface area contributed by atoms with Crippen molar-refractivity contribution in [1.29, 1.82) is 0 Å². The lowest BCUT2D eigenvalue weighted by Crippen LogP contribution is -2.02. The molecule has 1 aromatic heterocycles. The third-order valence-electron chi connectivity index (χ3n) is 3.02. The van der Waals surface area contributed by atoms with Crippen LogP contribution >= 0.6 is 19.1 Å². The van der Waals surface area contributed by atoms with Crippen LogP contribution in [0.15, 0.2) is 29.0 Å². The van der Waals surface area contributed by atoms with Crippen LogP contribution in [0.25, 0.3) is 0 Å². The number of carbonyl (C=O) groups is 1. The van der Waals surface area contributed by atoms with E-state index in [0.717, 1.165) is 22.3 Å². The van der Waals surface area contributed by atoms with Crippen molar-refractivity contribution in [2.24, 2.45) is 0 Å². The number of carbonyl (C=O) groups excluding carboxylic acids is 1. The van der Waals surface area contributed by atoms with E-state index in [1.54, 1.807) is 11.3 Å². The Bertz CT molecular complexity index is 607. The zero-order valence-electron chi connectivity index (χ0n) is 11.3. The molecule has 4 heteroatoms. The van der Waals surface area contributed by atoms with Crippen molar-refractivity contribution in [1.82, 2.24) is 0 Å². The van der Waals surface area contributed by atoms with Gasteiger partial charge in [0.1, 0.15) is 0 Å². The highest BCUT2D eigenvalue weighted by molar-refractivity contribution is 7.63. The largest absolute Gasteiger partial charge is 0.281 e. The molecule has 0 N–H and O–H groups in total. The van der Waals surface area contributed by atoms with Gasteiger partial charge >= 0.3 is 0 Å². The number of aryl methyl sites for hydroxylation is 3. The highest BCUT2D eigenvalue weighted by Gasteiger charge is 2.20. The van der Waals surface area contributed by atoms with Gasteiger partial charge in [0.2, 0.25) is 5.52 Å². The third-order valence-corrected chi connectivity index (χ3v) is 5.08. The predicted molar refractivity (Wildman–Crippen MR) is 80.6 cm³/mol. The molecule has 1 aromatic carbocycles. The van der Waals surface area contributed by atoms with Crippen LogP contribution < -0.4 is 0 Å². The van der Waals surface area contributed by atoms with E-state index in [2.05, 4.69) is 0 Å². The fourth-order valence-electron chi connectivity index (χ4n) is 2.26. The summed E-state index contributed by atoms with van der Waals surface area (Å²) >= 11 is 1.56. The van der Waals surface area contributed by atoms with Gasteiger partial charge in [0.05, 0.1) is 6.16 Å². The Balaban J connectivity index is 2.27. The third kappa shape index (κ3) is 3.17. The molecule has 1 heterocycles. The fourth-order valence-corrected chi connectivity index (χ4v) is 4.33. The average Bonchev–Trinajstić information content (AvgIpc) is 2.80. The Morgan fingerprint density at radius 3 is 2.37 bits per heavy atom. The summed E-state index contributed by atoms with van der Waals surface area (Å²) in [6.07, 6.45) is 0.338. The quantitative estimate of drug-likeness (QED) is 0.755. The molecule has 0 amide bonds. The van der Waals surface area contributed by atoms with Crippen molar-refractivity contribution < 1.29 is 9.36 Å². The molecule has 1 radical (unpaired) electrons. The molecule has 0 aliphatic carbocycles. The molecule has 2 nitrogen and oxygen atoms in total. The van der Waals surface area contributed by atoms with Gasteiger partial charge in [-0.25, -0.2) is 0 Å². The lowest BCUT2D eigenvalue weighted by molar-refractivity contribution is 0.107. The molecule has 0 aliphatic rings. The van der Waals surface area contributed by atoms with Gasteiger partial charge in [-0.2, -0.15) is 11.3 Å². The first-order valence-electron chi connectivity index (χ1n) is 6.07. The Kier molecular flexibility index (Phi) is 4.28. The SMILES string of the molecule is Cc1cc(C)c(C(=O)[P](=O)Cc2ccsc2)c(C)c1. The topological polar surface area (TPSA) is 34.1 Å². The van der Waals surface area contributed by atoms with Gasteiger partial charge in [0.15, 0.2) is 7.80 Å². The fraction of sp³-hybridized carbons (Fsp3) is 0.267. The van der Waals surface area contributed by atoms with Crippen LogP contribution in [0.4, 0.5) is 0 Å². The standard InChI is InChI=1S/C15H16O2PS/c1-10-6-11(2)14(12(3)7-10)15(16)18(17)8-13-4-5-19-9-13/h4-7,9H,8H2,1-3H3. The maximum atomic E-state index is 12.3. The van der Waals surface area contributed by atoms with E-state index < -0.39 is 7.80 Å². The molecule has 1 unspecified atom stereocenters. The van der Waals surface area contributed by atoms with Gasteiger partial charge in [0, 0.05) is 5.56 Å². The minimum absolute atomic E-state index is 0.226. The lowest BCUT2D eigenvalue weighted by Gasteiger charge is -2.09. The highest BCUT2D eigenvalue weighted by atomic mass is 32.1. The Hall–Kier alpha value is -1.31. The molecular formula is C15H16O2PS. The summed E-state index contributed by atoms with van der Waals surface area (Å²) in [7, 11) is -1.89. The molecule has 2 aromatic rings. The zero-order valence-corrected chi connectivity index (χ0v) is 13.0. The number of benzene rings is 1. The number of hydrogen-bond acceptors (Lipinski definition) is 3. The van der Waals surface area contributed by atoms with E-state index in [9.17, 15) is 9.36 Å². The van der Waals surface area contributed by atoms with Gasteiger partial charge in [0.25, 0.3) is 0 Å². The van der Waals surface area contributed by atoms with E-state index >= 15 is 0 Å². The van der Waals surface area contributed by atoms with E-state index in [1.165, 1.54) is 0 Å². The first-order valence-corrected chi connectivity index (χ1v) is 8.45. The first kappa shape index (κ1) is 14.1. The molecule has 0 saturated carbocycles. The van der Waals surface area contributed by atoms with Crippen LogP contribution in [0.1, 0.15) is 32.6 Å². The maximum absolute atomic E-state index is 12.3. The van der Waals surface area contributed by atoms with Crippen LogP contribution in [0.2, 0.25) is 0 Å². The van der Waals surface area contributed by atoms with Crippen molar-refractivity contribution in [2.45, 2.75) is 26.9 Å². The molecule has 19 heavy (non-hydrogen) atoms. The Morgan fingerprint density at radius 2 is 1.84 bits per heavy atom. The normalized spacial score (nSPS) is 11.4. The van der Waals surface area contributed by atoms with Gasteiger partial charge in [-0.3, -0.25) is 9.36 Å². The number of thiophene rings is 1. The Morgan fingerprint density at radius 1 is 1.21 bits per heavy atom. The minimum Gasteiger partial charge on any atom is -0.281 e. The van der Waals surface area contributed by atoms with Crippen LogP contribution in [0.5, 0.6) is 0 Å². The predicted octanol–water partition coefficient (Wildman–Crippen LogP) is 4.84. The molecule has 0 fully saturated rings. The van der Waals surface area contributed by atoms with E-state index in [0.29, 0.717) is 11.7 Å². The van der Waals surface area contributed by atoms with Crippen LogP contribution in [0, 0.1) is 20.8 Å². The van der Waals surface area contributed by atoms with Crippen LogP contribution in [-0.4, -0.2) is 5.52 Å². The number of rotatable bonds is 4. The Labute approximate surface area is 118 Å². The zero-order chi connectivity index (χ0) is 14.0. The smallest absolute Gasteiger partial charge is 0.242 e. The molecule has 99 valence electrons. The summed E-state index contributed by atoms with van der Waals surface area (Å²) in [5.74, 6) is 0. The van der Waals surface area contributed by atoms with E-state index in [-0.39, 0.29) is 5.52 Å². The summed E-state index contributed by atoms with van der Waals surface area (Å²) in [4.78, 5) is 12.3. The van der Waals surface area contributed by atoms with Gasteiger partial charge in [-0.15, -0.1) is 0 Å². The van der Waals surface area contributed by atoms with Crippen LogP contribution in [0.3, 0.4) is 0 Å². The minimum atomic E-state index is -1.89. The van der Waals surface area contributed by atoms with Gasteiger partial charge in [-0.05, 0) is 54.3 Å². The van der Waals surface area contributed by atoms with Crippen LogP contribution in [-0.2, 0) is 10.7 Å². The molecule has 0 spiro atoms. The summed E-state index contributed by atoms with van der Waals surface area (Å²) in [5, 5.41) is 3.88. The lowest BCUT2D eigenvalue weighted by atomic mass is 10.0. The van der Waals surface area contributed by atoms with Gasteiger partial charge < -0.3 is 0 Å². The van der Waals surface area contributed by atoms with Crippen molar-refractivity contribution in [2.75, 3.05) is 0 Å². The molecule has 0 saturated heterocycles. The first-order chi connectivity index (χ1) is 8.99. The molecule has 0 aliphatic heterocycles. The summed E-state index contributed by atoms with van der Waals surface area (Å²) in [5.41, 5.74) is 4.33. The molecule has 0 bridgehead atoms. The molecule has 1 atom stereocenters. The van der Waals surface area contributed by atoms with E-state index in [4.69, 9.17) is 0 Å². The second kappa shape index (κ2) is 5.77. The highest BCUT2D eigenvalue weighted by Crippen LogP contribution is 2.34. The average molecular weight is 291 g/mol. The second-order valence-electron chi connectivity index (χ2n) is 4.75. The molecular weight excluding hydrogens is 275 g/mol. The summed E-state index contributed by atoms with van der Waals surface area (Å²) in [6.45, 7) is 5.81. The van der Waals surface area contributed by atoms with Crippen molar-refractivity contribution >= 4 is 24.7 Å². The van der Waals surface area contributed by atoms with Crippen molar-refractivity contribution in [3.8, 4) is 0 Å². The maximum Gasteiger partial charge on any atom is 0.242 e. The number of hydrogen-bond donors (Lipinski definition) is 0. The molecule has 2 rings (SSSR count).